The highest BCUT2D eigenvalue weighted by molar-refractivity contribution is 7.45. The molecule has 0 aromatic heterocycles. The van der Waals surface area contributed by atoms with E-state index in [-0.39, 0.29) is 12.5 Å². The van der Waals surface area contributed by atoms with E-state index in [4.69, 9.17) is 9.05 Å². The molecule has 54 heavy (non-hydrogen) atoms. The van der Waals surface area contributed by atoms with Crippen molar-refractivity contribution in [2.75, 3.05) is 40.9 Å². The van der Waals surface area contributed by atoms with Crippen molar-refractivity contribution >= 4 is 13.7 Å². The van der Waals surface area contributed by atoms with Crippen molar-refractivity contribution in [2.45, 2.75) is 219 Å². The maximum Gasteiger partial charge on any atom is 0.268 e. The second kappa shape index (κ2) is 37.6. The van der Waals surface area contributed by atoms with Crippen LogP contribution in [0.4, 0.5) is 0 Å². The number of carbonyl (C=O) groups is 1. The zero-order chi connectivity index (χ0) is 40.0. The summed E-state index contributed by atoms with van der Waals surface area (Å²) >= 11 is 0. The van der Waals surface area contributed by atoms with Gasteiger partial charge in [0.05, 0.1) is 39.9 Å². The van der Waals surface area contributed by atoms with Crippen LogP contribution >= 0.6 is 7.82 Å². The molecular formula is C45H89N2O6P. The fraction of sp³-hybridized carbons (Fsp3) is 0.889. The minimum absolute atomic E-state index is 0.00531. The lowest BCUT2D eigenvalue weighted by atomic mass is 10.0. The summed E-state index contributed by atoms with van der Waals surface area (Å²) in [6, 6.07) is -0.895. The van der Waals surface area contributed by atoms with E-state index in [0.717, 1.165) is 51.4 Å². The van der Waals surface area contributed by atoms with Crippen molar-refractivity contribution in [1.82, 2.24) is 5.32 Å². The molecule has 3 atom stereocenters. The number of hydrogen-bond donors (Lipinski definition) is 2. The third-order valence-corrected chi connectivity index (χ3v) is 11.1. The number of amides is 1. The summed E-state index contributed by atoms with van der Waals surface area (Å²) in [5, 5.41) is 13.6. The number of phosphoric acid groups is 1. The number of carbonyl (C=O) groups excluding carboxylic acids is 1. The Labute approximate surface area is 334 Å². The van der Waals surface area contributed by atoms with Crippen LogP contribution < -0.4 is 10.2 Å². The molecule has 0 rings (SSSR count). The van der Waals surface area contributed by atoms with E-state index < -0.39 is 26.6 Å². The van der Waals surface area contributed by atoms with Crippen LogP contribution in [0.1, 0.15) is 206 Å². The fourth-order valence-corrected chi connectivity index (χ4v) is 7.24. The summed E-state index contributed by atoms with van der Waals surface area (Å²) < 4.78 is 23.0. The Morgan fingerprint density at radius 3 is 1.50 bits per heavy atom. The molecule has 0 radical (unpaired) electrons. The van der Waals surface area contributed by atoms with Crippen molar-refractivity contribution in [1.29, 1.82) is 0 Å². The molecule has 0 saturated heterocycles. The summed E-state index contributed by atoms with van der Waals surface area (Å²) in [5.41, 5.74) is 0. The zero-order valence-corrected chi connectivity index (χ0v) is 37.1. The number of unbranched alkanes of at least 4 members (excludes halogenated alkanes) is 26. The molecule has 2 N–H and O–H groups in total. The Morgan fingerprint density at radius 1 is 0.630 bits per heavy atom. The number of nitrogens with zero attached hydrogens (tertiary/aromatic N) is 1. The van der Waals surface area contributed by atoms with Gasteiger partial charge in [-0.3, -0.25) is 9.36 Å². The Kier molecular flexibility index (Phi) is 36.8. The number of quaternary nitrogens is 1. The summed E-state index contributed by atoms with van der Waals surface area (Å²) in [5.74, 6) is -0.220. The van der Waals surface area contributed by atoms with E-state index in [9.17, 15) is 19.4 Å². The molecule has 0 spiro atoms. The lowest BCUT2D eigenvalue weighted by Crippen LogP contribution is -2.45. The van der Waals surface area contributed by atoms with E-state index in [2.05, 4.69) is 31.3 Å². The maximum atomic E-state index is 12.6. The first kappa shape index (κ1) is 53.0. The summed E-state index contributed by atoms with van der Waals surface area (Å²) in [4.78, 5) is 24.9. The second-order valence-electron chi connectivity index (χ2n) is 16.8. The monoisotopic (exact) mass is 785 g/mol. The van der Waals surface area contributed by atoms with Crippen molar-refractivity contribution in [3.63, 3.8) is 0 Å². The molecule has 9 heteroatoms. The highest BCUT2D eigenvalue weighted by Crippen LogP contribution is 2.38. The first-order chi connectivity index (χ1) is 26.0. The Morgan fingerprint density at radius 2 is 1.04 bits per heavy atom. The number of aliphatic hydroxyl groups is 1. The zero-order valence-electron chi connectivity index (χ0n) is 36.2. The summed E-state index contributed by atoms with van der Waals surface area (Å²) in [6.45, 7) is 4.53. The van der Waals surface area contributed by atoms with Gasteiger partial charge in [0.1, 0.15) is 13.2 Å². The normalized spacial score (nSPS) is 14.6. The number of allylic oxidation sites excluding steroid dienone is 3. The van der Waals surface area contributed by atoms with Crippen molar-refractivity contribution in [3.8, 4) is 0 Å². The van der Waals surface area contributed by atoms with Crippen LogP contribution in [0.5, 0.6) is 0 Å². The van der Waals surface area contributed by atoms with Crippen LogP contribution in [0.2, 0.25) is 0 Å². The minimum Gasteiger partial charge on any atom is -0.756 e. The van der Waals surface area contributed by atoms with Gasteiger partial charge in [-0.1, -0.05) is 192 Å². The molecule has 0 aliphatic rings. The predicted octanol–water partition coefficient (Wildman–Crippen LogP) is 11.9. The molecule has 8 nitrogen and oxygen atoms in total. The summed E-state index contributed by atoms with van der Waals surface area (Å²) in [7, 11) is 1.24. The van der Waals surface area contributed by atoms with Crippen LogP contribution in [0, 0.1) is 0 Å². The first-order valence-corrected chi connectivity index (χ1v) is 24.2. The smallest absolute Gasteiger partial charge is 0.268 e. The van der Waals surface area contributed by atoms with E-state index in [1.54, 1.807) is 6.08 Å². The van der Waals surface area contributed by atoms with Gasteiger partial charge in [0.2, 0.25) is 5.91 Å². The third kappa shape index (κ3) is 39.2. The van der Waals surface area contributed by atoms with Crippen LogP contribution in [-0.2, 0) is 18.4 Å². The maximum absolute atomic E-state index is 12.6. The molecule has 0 aromatic rings. The van der Waals surface area contributed by atoms with Gasteiger partial charge in [-0.2, -0.15) is 0 Å². The Balaban J connectivity index is 4.06. The van der Waals surface area contributed by atoms with Crippen LogP contribution in [0.3, 0.4) is 0 Å². The van der Waals surface area contributed by atoms with Gasteiger partial charge in [-0.25, -0.2) is 0 Å². The van der Waals surface area contributed by atoms with Gasteiger partial charge in [-0.05, 0) is 32.1 Å². The Bertz CT molecular complexity index is 938. The van der Waals surface area contributed by atoms with E-state index in [1.807, 2.05) is 27.2 Å². The SMILES string of the molecule is CCCCCCCCCCCCCCCCCCCCCCC/C=C/CC/C=C/C(O)C(COP(=O)([O-])OCC[N+](C)(C)C)NC(=O)CCCCCCC. The molecule has 0 heterocycles. The largest absolute Gasteiger partial charge is 0.756 e. The van der Waals surface area contributed by atoms with Gasteiger partial charge in [0, 0.05) is 6.42 Å². The lowest BCUT2D eigenvalue weighted by Gasteiger charge is -2.29. The van der Waals surface area contributed by atoms with Crippen LogP contribution in [0.25, 0.3) is 0 Å². The third-order valence-electron chi connectivity index (χ3n) is 10.2. The van der Waals surface area contributed by atoms with E-state index in [0.29, 0.717) is 17.4 Å². The average molecular weight is 785 g/mol. The molecule has 0 aliphatic heterocycles. The molecule has 0 fully saturated rings. The number of aliphatic hydroxyl groups excluding tert-OH is 1. The van der Waals surface area contributed by atoms with Crippen molar-refractivity contribution in [2.24, 2.45) is 0 Å². The highest BCUT2D eigenvalue weighted by Gasteiger charge is 2.23. The van der Waals surface area contributed by atoms with Crippen LogP contribution in [-0.4, -0.2) is 68.5 Å². The van der Waals surface area contributed by atoms with Gasteiger partial charge in [0.25, 0.3) is 7.82 Å². The van der Waals surface area contributed by atoms with Gasteiger partial charge >= 0.3 is 0 Å². The number of rotatable bonds is 41. The Hall–Kier alpha value is -1.02. The quantitative estimate of drug-likeness (QED) is 0.0277. The van der Waals surface area contributed by atoms with Gasteiger partial charge < -0.3 is 28.8 Å². The summed E-state index contributed by atoms with van der Waals surface area (Å²) in [6.07, 6.45) is 44.4. The average Bonchev–Trinajstić information content (AvgIpc) is 3.12. The van der Waals surface area contributed by atoms with E-state index in [1.165, 1.54) is 135 Å². The highest BCUT2D eigenvalue weighted by atomic mass is 31.2. The molecule has 0 aromatic carbocycles. The predicted molar refractivity (Wildman–Crippen MR) is 228 cm³/mol. The molecule has 320 valence electrons. The standard InChI is InChI=1S/C45H89N2O6P/c1-6-8-10-12-13-14-15-16-17-18-19-20-21-22-23-24-25-26-27-28-29-30-31-32-33-35-36-38-44(48)43(46-45(49)39-37-34-11-9-7-2)42-53-54(50,51)52-41-40-47(3,4)5/h31-32,36,38,43-44,48H,6-30,33-35,37,39-42H2,1-5H3,(H-,46,49,50,51)/b32-31+,38-36+. The topological polar surface area (TPSA) is 108 Å². The van der Waals surface area contributed by atoms with E-state index >= 15 is 0 Å². The molecule has 3 unspecified atom stereocenters. The molecule has 0 aliphatic carbocycles. The van der Waals surface area contributed by atoms with Gasteiger partial charge in [0.15, 0.2) is 0 Å². The molecular weight excluding hydrogens is 695 g/mol. The first-order valence-electron chi connectivity index (χ1n) is 22.7. The molecule has 0 saturated carbocycles. The van der Waals surface area contributed by atoms with Crippen molar-refractivity contribution in [3.05, 3.63) is 24.3 Å². The molecule has 0 bridgehead atoms. The number of phosphoric ester groups is 1. The van der Waals surface area contributed by atoms with Gasteiger partial charge in [-0.15, -0.1) is 0 Å². The lowest BCUT2D eigenvalue weighted by molar-refractivity contribution is -0.870. The number of likely N-dealkylation sites (N-methyl/N-ethyl adjacent to an activating group) is 1. The number of nitrogens with one attached hydrogen (secondary N) is 1. The second-order valence-corrected chi connectivity index (χ2v) is 18.2. The number of hydrogen-bond acceptors (Lipinski definition) is 6. The minimum atomic E-state index is -4.58. The molecule has 1 amide bonds. The van der Waals surface area contributed by atoms with Crippen LogP contribution in [0.15, 0.2) is 24.3 Å². The fourth-order valence-electron chi connectivity index (χ4n) is 6.52. The van der Waals surface area contributed by atoms with Crippen molar-refractivity contribution < 1.29 is 32.9 Å².